The van der Waals surface area contributed by atoms with Crippen molar-refractivity contribution in [3.05, 3.63) is 79.3 Å². The van der Waals surface area contributed by atoms with Crippen molar-refractivity contribution in [2.24, 2.45) is 0 Å². The summed E-state index contributed by atoms with van der Waals surface area (Å²) in [5, 5.41) is 3.39. The van der Waals surface area contributed by atoms with Crippen molar-refractivity contribution in [1.82, 2.24) is 5.32 Å². The lowest BCUT2D eigenvalue weighted by Gasteiger charge is -2.28. The van der Waals surface area contributed by atoms with Crippen LogP contribution in [0, 0.1) is 0 Å². The number of nitrogens with one attached hydrogen (secondary N) is 1. The number of halogens is 4. The minimum absolute atomic E-state index is 0.0184. The van der Waals surface area contributed by atoms with Crippen LogP contribution in [0.5, 0.6) is 23.0 Å². The molecule has 0 saturated carbocycles. The highest BCUT2D eigenvalue weighted by molar-refractivity contribution is 6.40. The first kappa shape index (κ1) is 29.4. The molecule has 0 atom stereocenters. The molecule has 208 valence electrons. The number of hydrogen-bond donors (Lipinski definition) is 1. The van der Waals surface area contributed by atoms with E-state index in [9.17, 15) is 14.4 Å². The number of anilines is 1. The molecule has 1 aliphatic rings. The maximum Gasteiger partial charge on any atom is 0.336 e. The number of methoxy groups -OCH3 is 3. The van der Waals surface area contributed by atoms with Crippen LogP contribution < -0.4 is 29.2 Å². The molecule has 4 rings (SSSR count). The molecular formula is C27H20Cl4N2O7. The van der Waals surface area contributed by atoms with Gasteiger partial charge in [0.15, 0.2) is 11.5 Å². The van der Waals surface area contributed by atoms with E-state index < -0.39 is 17.8 Å². The molecule has 0 aliphatic carbocycles. The van der Waals surface area contributed by atoms with Crippen molar-refractivity contribution in [2.75, 3.05) is 26.2 Å². The molecule has 1 saturated heterocycles. The van der Waals surface area contributed by atoms with Crippen molar-refractivity contribution < 1.29 is 33.3 Å². The van der Waals surface area contributed by atoms with Gasteiger partial charge in [-0.3, -0.25) is 14.9 Å². The molecule has 3 aromatic rings. The number of amides is 4. The standard InChI is InChI=1S/C27H20Cl4N2O7/c1-37-21-11-20(22(38-2)10-18(21)30)33-26(35)16(25(34)32-27(33)36)6-13-7-19(31)24(23(8-13)39-3)40-12-14-4-5-15(28)9-17(14)29/h4-11H,12H2,1-3H3,(H,32,34,36)/b16-6+. The zero-order valence-corrected chi connectivity index (χ0v) is 24.2. The third-order valence-electron chi connectivity index (χ3n) is 5.75. The van der Waals surface area contributed by atoms with Gasteiger partial charge >= 0.3 is 6.03 Å². The van der Waals surface area contributed by atoms with Gasteiger partial charge in [0.1, 0.15) is 23.7 Å². The third kappa shape index (κ3) is 5.93. The number of imide groups is 2. The van der Waals surface area contributed by atoms with E-state index >= 15 is 0 Å². The predicted octanol–water partition coefficient (Wildman–Crippen LogP) is 6.57. The van der Waals surface area contributed by atoms with Gasteiger partial charge in [0.25, 0.3) is 11.8 Å². The van der Waals surface area contributed by atoms with Gasteiger partial charge in [-0.2, -0.15) is 0 Å². The topological polar surface area (TPSA) is 103 Å². The van der Waals surface area contributed by atoms with E-state index in [-0.39, 0.29) is 50.9 Å². The highest BCUT2D eigenvalue weighted by atomic mass is 35.5. The van der Waals surface area contributed by atoms with Crippen molar-refractivity contribution in [1.29, 1.82) is 0 Å². The maximum atomic E-state index is 13.5. The van der Waals surface area contributed by atoms with E-state index in [1.165, 1.54) is 51.7 Å². The summed E-state index contributed by atoms with van der Waals surface area (Å²) >= 11 is 24.8. The lowest BCUT2D eigenvalue weighted by Crippen LogP contribution is -2.54. The van der Waals surface area contributed by atoms with Crippen LogP contribution in [0.15, 0.2) is 48.0 Å². The summed E-state index contributed by atoms with van der Waals surface area (Å²) in [6.07, 6.45) is 1.27. The zero-order chi connectivity index (χ0) is 29.1. The number of rotatable bonds is 8. The summed E-state index contributed by atoms with van der Waals surface area (Å²) in [5.74, 6) is -1.08. The largest absolute Gasteiger partial charge is 0.495 e. The number of carbonyl (C=O) groups excluding carboxylic acids is 3. The minimum Gasteiger partial charge on any atom is -0.495 e. The van der Waals surface area contributed by atoms with Gasteiger partial charge in [0.2, 0.25) is 0 Å². The van der Waals surface area contributed by atoms with E-state index in [2.05, 4.69) is 5.32 Å². The van der Waals surface area contributed by atoms with E-state index in [4.69, 9.17) is 65.4 Å². The fraction of sp³-hybridized carbons (Fsp3) is 0.148. The summed E-state index contributed by atoms with van der Waals surface area (Å²) in [6.45, 7) is 0.0663. The molecule has 0 aromatic heterocycles. The fourth-order valence-corrected chi connectivity index (χ4v) is 4.78. The molecule has 0 radical (unpaired) electrons. The third-order valence-corrected chi connectivity index (χ3v) is 6.91. The van der Waals surface area contributed by atoms with Crippen LogP contribution in [0.1, 0.15) is 11.1 Å². The Morgan fingerprint density at radius 2 is 1.50 bits per heavy atom. The van der Waals surface area contributed by atoms with Gasteiger partial charge in [-0.15, -0.1) is 0 Å². The number of hydrogen-bond acceptors (Lipinski definition) is 7. The Bertz CT molecular complexity index is 1560. The van der Waals surface area contributed by atoms with Gasteiger partial charge in [0, 0.05) is 27.7 Å². The molecule has 0 spiro atoms. The average Bonchev–Trinajstić information content (AvgIpc) is 2.91. The predicted molar refractivity (Wildman–Crippen MR) is 152 cm³/mol. The van der Waals surface area contributed by atoms with Gasteiger partial charge in [-0.1, -0.05) is 52.5 Å². The van der Waals surface area contributed by atoms with Crippen LogP contribution in [0.3, 0.4) is 0 Å². The van der Waals surface area contributed by atoms with Gasteiger partial charge < -0.3 is 18.9 Å². The Balaban J connectivity index is 1.69. The van der Waals surface area contributed by atoms with Crippen molar-refractivity contribution >= 4 is 76.0 Å². The average molecular weight is 626 g/mol. The molecule has 3 aromatic carbocycles. The number of carbonyl (C=O) groups is 3. The number of urea groups is 1. The number of barbiturate groups is 1. The lowest BCUT2D eigenvalue weighted by molar-refractivity contribution is -0.122. The molecule has 1 heterocycles. The summed E-state index contributed by atoms with van der Waals surface area (Å²) in [5.41, 5.74) is 0.659. The Morgan fingerprint density at radius 3 is 2.15 bits per heavy atom. The Labute approximate surface area is 249 Å². The molecule has 0 unspecified atom stereocenters. The first-order chi connectivity index (χ1) is 19.1. The Hall–Kier alpha value is -3.63. The van der Waals surface area contributed by atoms with Gasteiger partial charge in [-0.05, 0) is 35.9 Å². The second kappa shape index (κ2) is 12.3. The number of nitrogens with zero attached hydrogens (tertiary/aromatic N) is 1. The lowest BCUT2D eigenvalue weighted by atomic mass is 10.1. The Kier molecular flexibility index (Phi) is 9.00. The van der Waals surface area contributed by atoms with Crippen LogP contribution in [0.2, 0.25) is 20.1 Å². The fourth-order valence-electron chi connectivity index (χ4n) is 3.81. The summed E-state index contributed by atoms with van der Waals surface area (Å²) in [6, 6.07) is 9.74. The van der Waals surface area contributed by atoms with Crippen LogP contribution in [0.4, 0.5) is 10.5 Å². The van der Waals surface area contributed by atoms with E-state index in [0.29, 0.717) is 21.2 Å². The number of ether oxygens (including phenoxy) is 4. The highest BCUT2D eigenvalue weighted by Crippen LogP contribution is 2.41. The van der Waals surface area contributed by atoms with Crippen LogP contribution in [0.25, 0.3) is 6.08 Å². The van der Waals surface area contributed by atoms with Crippen molar-refractivity contribution in [3.8, 4) is 23.0 Å². The zero-order valence-electron chi connectivity index (χ0n) is 21.1. The number of benzene rings is 3. The van der Waals surface area contributed by atoms with Crippen molar-refractivity contribution in [2.45, 2.75) is 6.61 Å². The van der Waals surface area contributed by atoms with Crippen LogP contribution in [-0.2, 0) is 16.2 Å². The van der Waals surface area contributed by atoms with Crippen LogP contribution in [-0.4, -0.2) is 39.2 Å². The Morgan fingerprint density at radius 1 is 0.800 bits per heavy atom. The molecule has 4 amide bonds. The van der Waals surface area contributed by atoms with E-state index in [0.717, 1.165) is 4.90 Å². The monoisotopic (exact) mass is 624 g/mol. The first-order valence-electron chi connectivity index (χ1n) is 11.3. The summed E-state index contributed by atoms with van der Waals surface area (Å²) in [4.78, 5) is 39.7. The highest BCUT2D eigenvalue weighted by Gasteiger charge is 2.38. The maximum absolute atomic E-state index is 13.5. The molecule has 0 bridgehead atoms. The molecular weight excluding hydrogens is 606 g/mol. The first-order valence-corrected chi connectivity index (χ1v) is 12.9. The summed E-state index contributed by atoms with van der Waals surface area (Å²) < 4.78 is 21.8. The molecule has 13 heteroatoms. The van der Waals surface area contributed by atoms with Gasteiger partial charge in [-0.25, -0.2) is 9.69 Å². The second-order valence-electron chi connectivity index (χ2n) is 8.17. The molecule has 40 heavy (non-hydrogen) atoms. The SMILES string of the molecule is COc1cc(N2C(=O)NC(=O)/C(=C\c3cc(Cl)c(OCc4ccc(Cl)cc4Cl)c(OC)c3)C2=O)c(OC)cc1Cl. The smallest absolute Gasteiger partial charge is 0.336 e. The van der Waals surface area contributed by atoms with Crippen LogP contribution >= 0.6 is 46.4 Å². The minimum atomic E-state index is -0.977. The van der Waals surface area contributed by atoms with Crippen molar-refractivity contribution in [3.63, 3.8) is 0 Å². The normalized spacial score (nSPS) is 14.3. The van der Waals surface area contributed by atoms with Gasteiger partial charge in [0.05, 0.1) is 37.1 Å². The molecule has 1 aliphatic heterocycles. The van der Waals surface area contributed by atoms with E-state index in [1.54, 1.807) is 18.2 Å². The quantitative estimate of drug-likeness (QED) is 0.223. The van der Waals surface area contributed by atoms with E-state index in [1.807, 2.05) is 0 Å². The molecule has 1 N–H and O–H groups in total. The molecule has 9 nitrogen and oxygen atoms in total. The summed E-state index contributed by atoms with van der Waals surface area (Å²) in [7, 11) is 4.12. The second-order valence-corrected chi connectivity index (χ2v) is 9.83. The molecule has 1 fully saturated rings.